The number of ketones is 1. The summed E-state index contributed by atoms with van der Waals surface area (Å²) in [5.41, 5.74) is 3.06. The zero-order valence-electron chi connectivity index (χ0n) is 8.38. The zero-order valence-corrected chi connectivity index (χ0v) is 9.97. The van der Waals surface area contributed by atoms with Gasteiger partial charge in [-0.05, 0) is 31.0 Å². The van der Waals surface area contributed by atoms with Gasteiger partial charge in [0.15, 0.2) is 5.78 Å². The second-order valence-corrected chi connectivity index (χ2v) is 3.83. The fraction of sp³-hybridized carbons (Fsp3) is 0.250. The van der Waals surface area contributed by atoms with Gasteiger partial charge in [0.2, 0.25) is 0 Å². The van der Waals surface area contributed by atoms with Crippen LogP contribution in [0.25, 0.3) is 6.08 Å². The maximum atomic E-state index is 11.1. The summed E-state index contributed by atoms with van der Waals surface area (Å²) < 4.78 is 0. The van der Waals surface area contributed by atoms with Crippen molar-refractivity contribution in [1.29, 1.82) is 0 Å². The van der Waals surface area contributed by atoms with Crippen LogP contribution in [0.3, 0.4) is 0 Å². The van der Waals surface area contributed by atoms with Crippen molar-refractivity contribution in [2.45, 2.75) is 13.8 Å². The summed E-state index contributed by atoms with van der Waals surface area (Å²) in [6, 6.07) is 5.77. The third-order valence-electron chi connectivity index (χ3n) is 2.07. The molecule has 1 rings (SSSR count). The van der Waals surface area contributed by atoms with E-state index < -0.39 is 0 Å². The summed E-state index contributed by atoms with van der Waals surface area (Å²) in [5.74, 6) is 0.110. The number of alkyl halides is 1. The highest BCUT2D eigenvalue weighted by molar-refractivity contribution is 9.09. The molecule has 2 heteroatoms. The zero-order chi connectivity index (χ0) is 10.6. The average Bonchev–Trinajstić information content (AvgIpc) is 2.16. The van der Waals surface area contributed by atoms with Crippen molar-refractivity contribution >= 4 is 27.8 Å². The van der Waals surface area contributed by atoms with Crippen LogP contribution in [0.1, 0.15) is 28.4 Å². The predicted molar refractivity (Wildman–Crippen MR) is 64.0 cm³/mol. The van der Waals surface area contributed by atoms with Crippen molar-refractivity contribution in [3.05, 3.63) is 41.0 Å². The largest absolute Gasteiger partial charge is 0.295 e. The Kier molecular flexibility index (Phi) is 4.08. The Morgan fingerprint density at radius 3 is 2.79 bits per heavy atom. The Bertz CT molecular complexity index is 367. The van der Waals surface area contributed by atoms with E-state index in [1.807, 2.05) is 37.3 Å². The summed E-state index contributed by atoms with van der Waals surface area (Å²) >= 11 is 3.33. The van der Waals surface area contributed by atoms with E-state index in [-0.39, 0.29) is 5.78 Å². The summed E-state index contributed by atoms with van der Waals surface area (Å²) in [7, 11) is 0. The summed E-state index contributed by atoms with van der Waals surface area (Å²) in [6.45, 7) is 3.63. The molecule has 0 saturated heterocycles. The van der Waals surface area contributed by atoms with Crippen LogP contribution in [0.15, 0.2) is 24.3 Å². The SMILES string of the molecule is CC(=O)c1ccc(C)c(C=CCBr)c1. The number of hydrogen-bond acceptors (Lipinski definition) is 1. The van der Waals surface area contributed by atoms with Crippen LogP contribution >= 0.6 is 15.9 Å². The molecule has 0 unspecified atom stereocenters. The molecule has 0 heterocycles. The van der Waals surface area contributed by atoms with Crippen molar-refractivity contribution in [2.75, 3.05) is 5.33 Å². The Labute approximate surface area is 93.0 Å². The van der Waals surface area contributed by atoms with Crippen molar-refractivity contribution in [2.24, 2.45) is 0 Å². The molecule has 0 amide bonds. The van der Waals surface area contributed by atoms with E-state index >= 15 is 0 Å². The molecule has 74 valence electrons. The second kappa shape index (κ2) is 5.11. The highest BCUT2D eigenvalue weighted by atomic mass is 79.9. The Morgan fingerprint density at radius 1 is 1.50 bits per heavy atom. The van der Waals surface area contributed by atoms with Crippen LogP contribution in [0, 0.1) is 6.92 Å². The molecule has 1 aromatic rings. The highest BCUT2D eigenvalue weighted by Crippen LogP contribution is 2.13. The predicted octanol–water partition coefficient (Wildman–Crippen LogP) is 3.61. The van der Waals surface area contributed by atoms with Gasteiger partial charge in [-0.1, -0.05) is 40.2 Å². The van der Waals surface area contributed by atoms with Gasteiger partial charge in [-0.25, -0.2) is 0 Å². The van der Waals surface area contributed by atoms with E-state index in [1.54, 1.807) is 6.92 Å². The molecule has 0 bridgehead atoms. The van der Waals surface area contributed by atoms with Gasteiger partial charge in [-0.15, -0.1) is 0 Å². The van der Waals surface area contributed by atoms with Gasteiger partial charge in [0, 0.05) is 10.9 Å². The van der Waals surface area contributed by atoms with Crippen LogP contribution in [-0.4, -0.2) is 11.1 Å². The minimum atomic E-state index is 0.110. The van der Waals surface area contributed by atoms with Crippen LogP contribution in [0.4, 0.5) is 0 Å². The van der Waals surface area contributed by atoms with Gasteiger partial charge in [-0.2, -0.15) is 0 Å². The molecule has 0 spiro atoms. The molecule has 14 heavy (non-hydrogen) atoms. The number of halogens is 1. The first-order valence-corrected chi connectivity index (χ1v) is 5.61. The molecule has 0 aliphatic carbocycles. The molecule has 0 aliphatic heterocycles. The Balaban J connectivity index is 3.08. The number of aryl methyl sites for hydroxylation is 1. The second-order valence-electron chi connectivity index (χ2n) is 3.18. The van der Waals surface area contributed by atoms with Crippen molar-refractivity contribution in [3.8, 4) is 0 Å². The number of hydrogen-bond donors (Lipinski definition) is 0. The van der Waals surface area contributed by atoms with Gasteiger partial charge in [-0.3, -0.25) is 4.79 Å². The first kappa shape index (κ1) is 11.2. The van der Waals surface area contributed by atoms with Gasteiger partial charge < -0.3 is 0 Å². The minimum absolute atomic E-state index is 0.110. The van der Waals surface area contributed by atoms with E-state index in [9.17, 15) is 4.79 Å². The molecular weight excluding hydrogens is 240 g/mol. The van der Waals surface area contributed by atoms with Gasteiger partial charge in [0.1, 0.15) is 0 Å². The van der Waals surface area contributed by atoms with Gasteiger partial charge in [0.05, 0.1) is 0 Å². The molecule has 1 aromatic carbocycles. The third-order valence-corrected chi connectivity index (χ3v) is 2.45. The Morgan fingerprint density at radius 2 is 2.21 bits per heavy atom. The quantitative estimate of drug-likeness (QED) is 0.594. The van der Waals surface area contributed by atoms with Crippen LogP contribution in [0.5, 0.6) is 0 Å². The Hall–Kier alpha value is -0.890. The molecule has 0 radical (unpaired) electrons. The van der Waals surface area contributed by atoms with Crippen molar-refractivity contribution in [1.82, 2.24) is 0 Å². The molecule has 1 nitrogen and oxygen atoms in total. The van der Waals surface area contributed by atoms with Crippen LogP contribution in [-0.2, 0) is 0 Å². The van der Waals surface area contributed by atoms with Crippen molar-refractivity contribution < 1.29 is 4.79 Å². The number of carbonyl (C=O) groups excluding carboxylic acids is 1. The molecule has 0 saturated carbocycles. The normalized spacial score (nSPS) is 10.8. The van der Waals surface area contributed by atoms with Crippen LogP contribution < -0.4 is 0 Å². The molecular formula is C12H13BrO. The van der Waals surface area contributed by atoms with Crippen LogP contribution in [0.2, 0.25) is 0 Å². The first-order chi connectivity index (χ1) is 6.65. The number of benzene rings is 1. The number of allylic oxidation sites excluding steroid dienone is 1. The van der Waals surface area contributed by atoms with Gasteiger partial charge >= 0.3 is 0 Å². The lowest BCUT2D eigenvalue weighted by Crippen LogP contribution is -1.93. The molecule has 0 fully saturated rings. The summed E-state index contributed by atoms with van der Waals surface area (Å²) in [6.07, 6.45) is 4.04. The lowest BCUT2D eigenvalue weighted by atomic mass is 10.0. The lowest BCUT2D eigenvalue weighted by Gasteiger charge is -2.02. The van der Waals surface area contributed by atoms with E-state index in [4.69, 9.17) is 0 Å². The van der Waals surface area contributed by atoms with Crippen molar-refractivity contribution in [3.63, 3.8) is 0 Å². The molecule has 0 aromatic heterocycles. The van der Waals surface area contributed by atoms with Gasteiger partial charge in [0.25, 0.3) is 0 Å². The standard InChI is InChI=1S/C12H13BrO/c1-9-5-6-12(10(2)14)8-11(9)4-3-7-13/h3-6,8H,7H2,1-2H3. The van der Waals surface area contributed by atoms with E-state index in [1.165, 1.54) is 5.56 Å². The third kappa shape index (κ3) is 2.81. The fourth-order valence-electron chi connectivity index (χ4n) is 1.21. The highest BCUT2D eigenvalue weighted by Gasteiger charge is 2.01. The average molecular weight is 253 g/mol. The monoisotopic (exact) mass is 252 g/mol. The van der Waals surface area contributed by atoms with E-state index in [0.717, 1.165) is 16.5 Å². The molecule has 0 atom stereocenters. The van der Waals surface area contributed by atoms with E-state index in [2.05, 4.69) is 15.9 Å². The number of Topliss-reactive ketones (excluding diaryl/α,β-unsaturated/α-hetero) is 1. The molecule has 0 aliphatic rings. The van der Waals surface area contributed by atoms with E-state index in [0.29, 0.717) is 0 Å². The maximum absolute atomic E-state index is 11.1. The summed E-state index contributed by atoms with van der Waals surface area (Å²) in [4.78, 5) is 11.1. The minimum Gasteiger partial charge on any atom is -0.295 e. The fourth-order valence-corrected chi connectivity index (χ4v) is 1.40. The first-order valence-electron chi connectivity index (χ1n) is 4.49. The summed E-state index contributed by atoms with van der Waals surface area (Å²) in [5, 5.41) is 0.830. The molecule has 0 N–H and O–H groups in total. The topological polar surface area (TPSA) is 17.1 Å². The smallest absolute Gasteiger partial charge is 0.159 e. The lowest BCUT2D eigenvalue weighted by molar-refractivity contribution is 0.101. The number of carbonyl (C=O) groups is 1. The number of rotatable bonds is 3. The maximum Gasteiger partial charge on any atom is 0.159 e.